The molecule has 2 amide bonds. The van der Waals surface area contributed by atoms with Crippen LogP contribution >= 0.6 is 11.6 Å². The average Bonchev–Trinajstić information content (AvgIpc) is 2.61. The van der Waals surface area contributed by atoms with Gasteiger partial charge in [0.15, 0.2) is 0 Å². The second-order valence-electron chi connectivity index (χ2n) is 8.16. The van der Waals surface area contributed by atoms with E-state index in [1.54, 1.807) is 6.07 Å². The first-order valence-electron chi connectivity index (χ1n) is 9.72. The highest BCUT2D eigenvalue weighted by Crippen LogP contribution is 2.30. The molecule has 0 aromatic heterocycles. The van der Waals surface area contributed by atoms with Gasteiger partial charge in [0, 0.05) is 19.5 Å². The Balaban J connectivity index is 1.97. The molecule has 1 aliphatic heterocycles. The Kier molecular flexibility index (Phi) is 7.66. The minimum Gasteiger partial charge on any atom is -0.344 e. The van der Waals surface area contributed by atoms with Crippen molar-refractivity contribution in [2.45, 2.75) is 58.9 Å². The SMILES string of the molecule is CC(C)CC(=O)N[C@@H](C(=O)N1CCC(c2ccc(Cl)c(F)c2)CC1)C(C)C. The van der Waals surface area contributed by atoms with E-state index in [-0.39, 0.29) is 34.6 Å². The van der Waals surface area contributed by atoms with Crippen molar-refractivity contribution in [1.29, 1.82) is 0 Å². The summed E-state index contributed by atoms with van der Waals surface area (Å²) in [6, 6.07) is 4.44. The van der Waals surface area contributed by atoms with Crippen LogP contribution in [0.1, 0.15) is 58.4 Å². The molecule has 1 aliphatic rings. The number of halogens is 2. The third-order valence-corrected chi connectivity index (χ3v) is 5.37. The van der Waals surface area contributed by atoms with Crippen molar-refractivity contribution in [2.24, 2.45) is 11.8 Å². The van der Waals surface area contributed by atoms with Gasteiger partial charge < -0.3 is 10.2 Å². The molecule has 1 heterocycles. The van der Waals surface area contributed by atoms with Crippen molar-refractivity contribution in [3.8, 4) is 0 Å². The van der Waals surface area contributed by atoms with Crippen molar-refractivity contribution < 1.29 is 14.0 Å². The van der Waals surface area contributed by atoms with Crippen molar-refractivity contribution in [1.82, 2.24) is 10.2 Å². The third kappa shape index (κ3) is 5.93. The normalized spacial score (nSPS) is 16.7. The lowest BCUT2D eigenvalue weighted by Crippen LogP contribution is -2.53. The van der Waals surface area contributed by atoms with Crippen LogP contribution in [-0.4, -0.2) is 35.8 Å². The Morgan fingerprint density at radius 2 is 1.85 bits per heavy atom. The van der Waals surface area contributed by atoms with Gasteiger partial charge in [-0.2, -0.15) is 0 Å². The van der Waals surface area contributed by atoms with E-state index in [0.29, 0.717) is 19.5 Å². The van der Waals surface area contributed by atoms with Gasteiger partial charge in [-0.15, -0.1) is 0 Å². The summed E-state index contributed by atoms with van der Waals surface area (Å²) in [6.45, 7) is 9.07. The molecule has 0 saturated carbocycles. The molecule has 4 nitrogen and oxygen atoms in total. The van der Waals surface area contributed by atoms with Crippen molar-refractivity contribution in [2.75, 3.05) is 13.1 Å². The first-order chi connectivity index (χ1) is 12.7. The van der Waals surface area contributed by atoms with E-state index in [4.69, 9.17) is 11.6 Å². The van der Waals surface area contributed by atoms with Gasteiger partial charge in [-0.05, 0) is 48.3 Å². The number of benzene rings is 1. The highest BCUT2D eigenvalue weighted by atomic mass is 35.5. The Morgan fingerprint density at radius 3 is 2.37 bits per heavy atom. The van der Waals surface area contributed by atoms with Crippen LogP contribution in [0, 0.1) is 17.7 Å². The molecule has 0 spiro atoms. The average molecular weight is 397 g/mol. The molecule has 1 atom stereocenters. The lowest BCUT2D eigenvalue weighted by molar-refractivity contribution is -0.138. The summed E-state index contributed by atoms with van der Waals surface area (Å²) in [5.74, 6) is -0.0131. The summed E-state index contributed by atoms with van der Waals surface area (Å²) in [7, 11) is 0. The summed E-state index contributed by atoms with van der Waals surface area (Å²) in [6.07, 6.45) is 1.97. The predicted octanol–water partition coefficient (Wildman–Crippen LogP) is 4.37. The zero-order valence-corrected chi connectivity index (χ0v) is 17.4. The number of carbonyl (C=O) groups is 2. The van der Waals surface area contributed by atoms with E-state index in [0.717, 1.165) is 18.4 Å². The maximum absolute atomic E-state index is 13.7. The van der Waals surface area contributed by atoms with Crippen molar-refractivity contribution in [3.63, 3.8) is 0 Å². The quantitative estimate of drug-likeness (QED) is 0.776. The molecular formula is C21H30ClFN2O2. The van der Waals surface area contributed by atoms with E-state index in [1.165, 1.54) is 6.07 Å². The Hall–Kier alpha value is -1.62. The lowest BCUT2D eigenvalue weighted by atomic mass is 9.89. The molecular weight excluding hydrogens is 367 g/mol. The maximum Gasteiger partial charge on any atom is 0.245 e. The summed E-state index contributed by atoms with van der Waals surface area (Å²) in [5, 5.41) is 3.04. The molecule has 0 unspecified atom stereocenters. The minimum absolute atomic E-state index is 0.0247. The predicted molar refractivity (Wildman–Crippen MR) is 106 cm³/mol. The van der Waals surface area contributed by atoms with Crippen LogP contribution in [0.2, 0.25) is 5.02 Å². The molecule has 2 rings (SSSR count). The van der Waals surface area contributed by atoms with Crippen LogP contribution in [-0.2, 0) is 9.59 Å². The fourth-order valence-corrected chi connectivity index (χ4v) is 3.63. The molecule has 1 aromatic rings. The highest BCUT2D eigenvalue weighted by molar-refractivity contribution is 6.30. The molecule has 0 radical (unpaired) electrons. The minimum atomic E-state index is -0.499. The Morgan fingerprint density at radius 1 is 1.22 bits per heavy atom. The summed E-state index contributed by atoms with van der Waals surface area (Å²) in [4.78, 5) is 26.9. The molecule has 1 aromatic carbocycles. The number of nitrogens with one attached hydrogen (secondary N) is 1. The molecule has 6 heteroatoms. The molecule has 150 valence electrons. The van der Waals surface area contributed by atoms with Gasteiger partial charge in [0.25, 0.3) is 0 Å². The fourth-order valence-electron chi connectivity index (χ4n) is 3.51. The second-order valence-corrected chi connectivity index (χ2v) is 8.57. The van der Waals surface area contributed by atoms with Crippen LogP contribution in [0.15, 0.2) is 18.2 Å². The number of carbonyl (C=O) groups excluding carboxylic acids is 2. The first-order valence-corrected chi connectivity index (χ1v) is 10.1. The summed E-state index contributed by atoms with van der Waals surface area (Å²) in [5.41, 5.74) is 0.926. The van der Waals surface area contributed by atoms with Gasteiger partial charge in [0.2, 0.25) is 11.8 Å². The molecule has 0 aliphatic carbocycles. The smallest absolute Gasteiger partial charge is 0.245 e. The van der Waals surface area contributed by atoms with Crippen LogP contribution in [0.5, 0.6) is 0 Å². The van der Waals surface area contributed by atoms with E-state index < -0.39 is 11.9 Å². The monoisotopic (exact) mass is 396 g/mol. The van der Waals surface area contributed by atoms with E-state index >= 15 is 0 Å². The zero-order valence-electron chi connectivity index (χ0n) is 16.6. The summed E-state index contributed by atoms with van der Waals surface area (Å²) < 4.78 is 13.7. The molecule has 0 bridgehead atoms. The van der Waals surface area contributed by atoms with Crippen LogP contribution < -0.4 is 5.32 Å². The molecule has 1 saturated heterocycles. The van der Waals surface area contributed by atoms with Gasteiger partial charge in [-0.3, -0.25) is 9.59 Å². The number of nitrogens with zero attached hydrogens (tertiary/aromatic N) is 1. The van der Waals surface area contributed by atoms with Gasteiger partial charge >= 0.3 is 0 Å². The molecule has 27 heavy (non-hydrogen) atoms. The summed E-state index contributed by atoms with van der Waals surface area (Å²) >= 11 is 5.76. The molecule has 1 fully saturated rings. The number of rotatable bonds is 6. The number of hydrogen-bond donors (Lipinski definition) is 1. The Bertz CT molecular complexity index is 670. The molecule has 1 N–H and O–H groups in total. The Labute approximate surface area is 166 Å². The van der Waals surface area contributed by atoms with Gasteiger partial charge in [0.05, 0.1) is 5.02 Å². The maximum atomic E-state index is 13.7. The van der Waals surface area contributed by atoms with Gasteiger partial charge in [-0.1, -0.05) is 45.4 Å². The van der Waals surface area contributed by atoms with E-state index in [1.807, 2.05) is 38.7 Å². The number of likely N-dealkylation sites (tertiary alicyclic amines) is 1. The van der Waals surface area contributed by atoms with E-state index in [2.05, 4.69) is 5.32 Å². The topological polar surface area (TPSA) is 49.4 Å². The van der Waals surface area contributed by atoms with Crippen LogP contribution in [0.4, 0.5) is 4.39 Å². The first kappa shape index (κ1) is 21.7. The van der Waals surface area contributed by atoms with E-state index in [9.17, 15) is 14.0 Å². The lowest BCUT2D eigenvalue weighted by Gasteiger charge is -2.35. The standard InChI is InChI=1S/C21H30ClFN2O2/c1-13(2)11-19(26)24-20(14(3)4)21(27)25-9-7-15(8-10-25)16-5-6-17(22)18(23)12-16/h5-6,12-15,20H,7-11H2,1-4H3,(H,24,26)/t20-/m1/s1. The zero-order chi connectivity index (χ0) is 20.1. The number of hydrogen-bond acceptors (Lipinski definition) is 2. The number of amides is 2. The third-order valence-electron chi connectivity index (χ3n) is 5.06. The van der Waals surface area contributed by atoms with Gasteiger partial charge in [0.1, 0.15) is 11.9 Å². The number of piperidine rings is 1. The highest BCUT2D eigenvalue weighted by Gasteiger charge is 2.31. The fraction of sp³-hybridized carbons (Fsp3) is 0.619. The van der Waals surface area contributed by atoms with Crippen LogP contribution in [0.25, 0.3) is 0 Å². The largest absolute Gasteiger partial charge is 0.344 e. The van der Waals surface area contributed by atoms with Crippen LogP contribution in [0.3, 0.4) is 0 Å². The second kappa shape index (κ2) is 9.54. The van der Waals surface area contributed by atoms with Crippen molar-refractivity contribution in [3.05, 3.63) is 34.6 Å². The van der Waals surface area contributed by atoms with Crippen molar-refractivity contribution >= 4 is 23.4 Å². The van der Waals surface area contributed by atoms with Gasteiger partial charge in [-0.25, -0.2) is 4.39 Å².